The van der Waals surface area contributed by atoms with Crippen LogP contribution in [0, 0.1) is 0 Å². The molecule has 0 aromatic rings. The number of hydrogen-bond acceptors (Lipinski definition) is 3. The molecule has 0 saturated carbocycles. The number of nitrogens with zero attached hydrogens (tertiary/aromatic N) is 2. The van der Waals surface area contributed by atoms with Crippen molar-refractivity contribution in [1.82, 2.24) is 10.0 Å². The molecule has 0 spiro atoms. The summed E-state index contributed by atoms with van der Waals surface area (Å²) in [5.41, 5.74) is 0. The third-order valence-corrected chi connectivity index (χ3v) is 2.77. The maximum absolute atomic E-state index is 8.80. The molecule has 2 heterocycles. The molecule has 2 saturated heterocycles. The summed E-state index contributed by atoms with van der Waals surface area (Å²) in [5, 5.41) is 13.7. The molecular formula is C8H16N2O. The highest BCUT2D eigenvalue weighted by Gasteiger charge is 2.33. The van der Waals surface area contributed by atoms with Gasteiger partial charge in [-0.2, -0.15) is 0 Å². The van der Waals surface area contributed by atoms with Gasteiger partial charge < -0.3 is 5.11 Å². The van der Waals surface area contributed by atoms with Crippen LogP contribution in [0.2, 0.25) is 0 Å². The molecule has 3 nitrogen and oxygen atoms in total. The lowest BCUT2D eigenvalue weighted by atomic mass is 10.1. The van der Waals surface area contributed by atoms with Gasteiger partial charge in [0.25, 0.3) is 0 Å². The van der Waals surface area contributed by atoms with Gasteiger partial charge in [0.15, 0.2) is 0 Å². The van der Waals surface area contributed by atoms with Crippen LogP contribution >= 0.6 is 0 Å². The van der Waals surface area contributed by atoms with Crippen LogP contribution in [0.25, 0.3) is 0 Å². The van der Waals surface area contributed by atoms with Gasteiger partial charge in [-0.25, -0.2) is 10.0 Å². The largest absolute Gasteiger partial charge is 0.396 e. The maximum atomic E-state index is 8.80. The first-order valence-electron chi connectivity index (χ1n) is 4.54. The zero-order valence-electron chi connectivity index (χ0n) is 6.87. The molecule has 3 heteroatoms. The Balaban J connectivity index is 1.92. The Morgan fingerprint density at radius 1 is 1.27 bits per heavy atom. The molecule has 1 unspecified atom stereocenters. The fraction of sp³-hybridized carbons (Fsp3) is 1.00. The Morgan fingerprint density at radius 2 is 2.18 bits per heavy atom. The molecular weight excluding hydrogens is 140 g/mol. The van der Waals surface area contributed by atoms with Crippen LogP contribution in [0.15, 0.2) is 0 Å². The van der Waals surface area contributed by atoms with Crippen LogP contribution in [0.4, 0.5) is 0 Å². The number of rotatable bonds is 2. The van der Waals surface area contributed by atoms with Crippen LogP contribution in [0.1, 0.15) is 19.3 Å². The Labute approximate surface area is 67.6 Å². The first-order valence-corrected chi connectivity index (χ1v) is 4.54. The highest BCUT2D eigenvalue weighted by atomic mass is 16.3. The van der Waals surface area contributed by atoms with Crippen molar-refractivity contribution in [2.75, 3.05) is 26.2 Å². The second-order valence-electron chi connectivity index (χ2n) is 3.43. The van der Waals surface area contributed by atoms with Gasteiger partial charge in [0.2, 0.25) is 0 Å². The number of aliphatic hydroxyl groups is 1. The highest BCUT2D eigenvalue weighted by Crippen LogP contribution is 2.25. The van der Waals surface area contributed by atoms with Crippen LogP contribution < -0.4 is 0 Å². The molecule has 1 N–H and O–H groups in total. The van der Waals surface area contributed by atoms with Crippen molar-refractivity contribution in [2.45, 2.75) is 25.3 Å². The summed E-state index contributed by atoms with van der Waals surface area (Å²) in [6, 6.07) is 0.641. The van der Waals surface area contributed by atoms with Crippen molar-refractivity contribution in [3.05, 3.63) is 0 Å². The quantitative estimate of drug-likeness (QED) is 0.612. The summed E-state index contributed by atoms with van der Waals surface area (Å²) in [6.45, 7) is 4.01. The van der Waals surface area contributed by atoms with Crippen molar-refractivity contribution in [3.63, 3.8) is 0 Å². The molecule has 0 radical (unpaired) electrons. The van der Waals surface area contributed by atoms with Crippen molar-refractivity contribution < 1.29 is 5.11 Å². The summed E-state index contributed by atoms with van der Waals surface area (Å²) in [6.07, 6.45) is 3.51. The smallest absolute Gasteiger partial charge is 0.0446 e. The number of hydrazine groups is 1. The summed E-state index contributed by atoms with van der Waals surface area (Å²) in [7, 11) is 0. The van der Waals surface area contributed by atoms with E-state index in [1.165, 1.54) is 32.5 Å². The van der Waals surface area contributed by atoms with Crippen LogP contribution in [0.3, 0.4) is 0 Å². The Morgan fingerprint density at radius 3 is 3.00 bits per heavy atom. The molecule has 0 bridgehead atoms. The van der Waals surface area contributed by atoms with E-state index in [4.69, 9.17) is 5.11 Å². The summed E-state index contributed by atoms with van der Waals surface area (Å²) in [5.74, 6) is 0. The molecule has 2 aliphatic heterocycles. The van der Waals surface area contributed by atoms with Crippen molar-refractivity contribution >= 4 is 0 Å². The van der Waals surface area contributed by atoms with E-state index >= 15 is 0 Å². The summed E-state index contributed by atoms with van der Waals surface area (Å²) < 4.78 is 0. The topological polar surface area (TPSA) is 26.7 Å². The maximum Gasteiger partial charge on any atom is 0.0446 e. The molecule has 2 aliphatic rings. The first kappa shape index (κ1) is 7.53. The molecule has 64 valence electrons. The molecule has 11 heavy (non-hydrogen) atoms. The van der Waals surface area contributed by atoms with E-state index in [9.17, 15) is 0 Å². The van der Waals surface area contributed by atoms with Crippen LogP contribution in [-0.4, -0.2) is 47.4 Å². The molecule has 0 amide bonds. The normalized spacial score (nSPS) is 33.0. The lowest BCUT2D eigenvalue weighted by Gasteiger charge is -2.24. The monoisotopic (exact) mass is 156 g/mol. The van der Waals surface area contributed by atoms with Crippen molar-refractivity contribution in [3.8, 4) is 0 Å². The molecule has 2 fully saturated rings. The molecule has 0 aromatic carbocycles. The second kappa shape index (κ2) is 3.09. The van der Waals surface area contributed by atoms with Crippen LogP contribution in [0.5, 0.6) is 0 Å². The van der Waals surface area contributed by atoms with Gasteiger partial charge in [0.05, 0.1) is 0 Å². The third-order valence-electron chi connectivity index (χ3n) is 2.77. The van der Waals surface area contributed by atoms with Gasteiger partial charge in [-0.1, -0.05) is 0 Å². The van der Waals surface area contributed by atoms with E-state index < -0.39 is 0 Å². The Kier molecular flexibility index (Phi) is 2.11. The van der Waals surface area contributed by atoms with E-state index in [2.05, 4.69) is 10.0 Å². The van der Waals surface area contributed by atoms with Gasteiger partial charge in [-0.05, 0) is 19.3 Å². The van der Waals surface area contributed by atoms with Gasteiger partial charge in [0, 0.05) is 32.3 Å². The van der Waals surface area contributed by atoms with E-state index in [1.54, 1.807) is 0 Å². The zero-order chi connectivity index (χ0) is 7.68. The van der Waals surface area contributed by atoms with E-state index in [0.717, 1.165) is 6.42 Å². The Bertz CT molecular complexity index is 138. The van der Waals surface area contributed by atoms with Gasteiger partial charge in [-0.15, -0.1) is 0 Å². The van der Waals surface area contributed by atoms with Gasteiger partial charge >= 0.3 is 0 Å². The Hall–Kier alpha value is -0.120. The average molecular weight is 156 g/mol. The standard InChI is InChI=1S/C8H16N2O/c11-7-3-8-2-6-9-4-1-5-10(8)9/h8,11H,1-7H2. The van der Waals surface area contributed by atoms with Crippen molar-refractivity contribution in [2.24, 2.45) is 0 Å². The zero-order valence-corrected chi connectivity index (χ0v) is 6.87. The minimum atomic E-state index is 0.342. The third kappa shape index (κ3) is 1.28. The minimum Gasteiger partial charge on any atom is -0.396 e. The van der Waals surface area contributed by atoms with Crippen LogP contribution in [-0.2, 0) is 0 Å². The SMILES string of the molecule is OCCC1CCN2CCCN12. The molecule has 0 aliphatic carbocycles. The van der Waals surface area contributed by atoms with E-state index in [1.807, 2.05) is 0 Å². The van der Waals surface area contributed by atoms with E-state index in [-0.39, 0.29) is 0 Å². The number of fused-ring (bicyclic) bond motifs is 1. The molecule has 2 rings (SSSR count). The first-order chi connectivity index (χ1) is 5.42. The second-order valence-corrected chi connectivity index (χ2v) is 3.43. The fourth-order valence-electron chi connectivity index (χ4n) is 2.23. The van der Waals surface area contributed by atoms with Gasteiger partial charge in [0.1, 0.15) is 0 Å². The van der Waals surface area contributed by atoms with E-state index in [0.29, 0.717) is 12.6 Å². The number of hydrogen-bond donors (Lipinski definition) is 1. The van der Waals surface area contributed by atoms with Crippen molar-refractivity contribution in [1.29, 1.82) is 0 Å². The molecule has 0 aromatic heterocycles. The lowest BCUT2D eigenvalue weighted by Crippen LogP contribution is -2.35. The summed E-state index contributed by atoms with van der Waals surface area (Å²) in [4.78, 5) is 0. The predicted molar refractivity (Wildman–Crippen MR) is 43.0 cm³/mol. The molecule has 1 atom stereocenters. The highest BCUT2D eigenvalue weighted by molar-refractivity contribution is 4.82. The number of aliphatic hydroxyl groups excluding tert-OH is 1. The summed E-state index contributed by atoms with van der Waals surface area (Å²) >= 11 is 0. The average Bonchev–Trinajstić information content (AvgIpc) is 2.53. The fourth-order valence-corrected chi connectivity index (χ4v) is 2.23. The predicted octanol–water partition coefficient (Wildman–Crippen LogP) is 0.0638. The lowest BCUT2D eigenvalue weighted by molar-refractivity contribution is 0.0438. The van der Waals surface area contributed by atoms with Gasteiger partial charge in [-0.3, -0.25) is 0 Å². The minimum absolute atomic E-state index is 0.342.